The largest absolute Gasteiger partial charge is 0.478 e. The SMILES string of the molecule is NC(=O)C1COCCN1c1cc(C(=O)O)c(N)cn1. The average molecular weight is 266 g/mol. The summed E-state index contributed by atoms with van der Waals surface area (Å²) in [5.74, 6) is -1.35. The van der Waals surface area contributed by atoms with Gasteiger partial charge >= 0.3 is 5.97 Å². The summed E-state index contributed by atoms with van der Waals surface area (Å²) >= 11 is 0. The first-order valence-electron chi connectivity index (χ1n) is 5.63. The van der Waals surface area contributed by atoms with Gasteiger partial charge in [-0.1, -0.05) is 0 Å². The number of nitrogens with two attached hydrogens (primary N) is 2. The number of carbonyl (C=O) groups excluding carboxylic acids is 1. The topological polar surface area (TPSA) is 132 Å². The molecule has 102 valence electrons. The van der Waals surface area contributed by atoms with Crippen molar-refractivity contribution >= 4 is 23.4 Å². The van der Waals surface area contributed by atoms with E-state index in [1.54, 1.807) is 4.90 Å². The number of aromatic carboxylic acids is 1. The molecule has 0 radical (unpaired) electrons. The molecule has 1 amide bonds. The van der Waals surface area contributed by atoms with Crippen molar-refractivity contribution in [3.05, 3.63) is 17.8 Å². The predicted molar refractivity (Wildman–Crippen MR) is 66.8 cm³/mol. The molecule has 0 spiro atoms. The molecule has 2 heterocycles. The zero-order chi connectivity index (χ0) is 14.0. The van der Waals surface area contributed by atoms with Gasteiger partial charge in [-0.2, -0.15) is 0 Å². The summed E-state index contributed by atoms with van der Waals surface area (Å²) in [4.78, 5) is 28.1. The van der Waals surface area contributed by atoms with E-state index < -0.39 is 17.9 Å². The van der Waals surface area contributed by atoms with E-state index in [9.17, 15) is 9.59 Å². The molecule has 0 bridgehead atoms. The first-order chi connectivity index (χ1) is 9.00. The zero-order valence-corrected chi connectivity index (χ0v) is 10.1. The van der Waals surface area contributed by atoms with Gasteiger partial charge in [0.15, 0.2) is 0 Å². The van der Waals surface area contributed by atoms with E-state index >= 15 is 0 Å². The van der Waals surface area contributed by atoms with Crippen LogP contribution >= 0.6 is 0 Å². The van der Waals surface area contributed by atoms with Crippen LogP contribution < -0.4 is 16.4 Å². The molecule has 1 aromatic heterocycles. The number of anilines is 2. The second kappa shape index (κ2) is 5.11. The summed E-state index contributed by atoms with van der Waals surface area (Å²) < 4.78 is 5.19. The third-order valence-electron chi connectivity index (χ3n) is 2.90. The van der Waals surface area contributed by atoms with Crippen LogP contribution in [0.15, 0.2) is 12.3 Å². The number of carbonyl (C=O) groups is 2. The zero-order valence-electron chi connectivity index (χ0n) is 10.1. The van der Waals surface area contributed by atoms with Crippen molar-refractivity contribution < 1.29 is 19.4 Å². The number of hydrogen-bond donors (Lipinski definition) is 3. The van der Waals surface area contributed by atoms with E-state index in [0.29, 0.717) is 19.0 Å². The second-order valence-electron chi connectivity index (χ2n) is 4.12. The van der Waals surface area contributed by atoms with Crippen LogP contribution in [0.5, 0.6) is 0 Å². The molecular formula is C11H14N4O4. The van der Waals surface area contributed by atoms with Crippen LogP contribution in [0.25, 0.3) is 0 Å². The highest BCUT2D eigenvalue weighted by molar-refractivity contribution is 5.94. The Bertz CT molecular complexity index is 519. The Morgan fingerprint density at radius 1 is 1.53 bits per heavy atom. The van der Waals surface area contributed by atoms with Crippen LogP contribution in [0.4, 0.5) is 11.5 Å². The van der Waals surface area contributed by atoms with Gasteiger partial charge in [0.1, 0.15) is 11.9 Å². The number of amides is 1. The summed E-state index contributed by atoms with van der Waals surface area (Å²) in [7, 11) is 0. The number of ether oxygens (including phenoxy) is 1. The summed E-state index contributed by atoms with van der Waals surface area (Å²) in [5.41, 5.74) is 10.8. The second-order valence-corrected chi connectivity index (χ2v) is 4.12. The number of nitrogen functional groups attached to an aromatic ring is 1. The molecular weight excluding hydrogens is 252 g/mol. The fourth-order valence-electron chi connectivity index (χ4n) is 1.91. The first kappa shape index (κ1) is 13.1. The molecule has 0 saturated carbocycles. The Balaban J connectivity index is 2.36. The number of morpholine rings is 1. The summed E-state index contributed by atoms with van der Waals surface area (Å²) in [6.45, 7) is 0.978. The molecule has 1 unspecified atom stereocenters. The van der Waals surface area contributed by atoms with Crippen molar-refractivity contribution in [3.8, 4) is 0 Å². The van der Waals surface area contributed by atoms with E-state index in [-0.39, 0.29) is 17.9 Å². The summed E-state index contributed by atoms with van der Waals surface area (Å²) in [6, 6.07) is 0.672. The van der Waals surface area contributed by atoms with Gasteiger partial charge < -0.3 is 26.2 Å². The van der Waals surface area contributed by atoms with Gasteiger partial charge in [-0.15, -0.1) is 0 Å². The van der Waals surface area contributed by atoms with E-state index in [1.807, 2.05) is 0 Å². The number of pyridine rings is 1. The van der Waals surface area contributed by atoms with Crippen molar-refractivity contribution in [2.75, 3.05) is 30.4 Å². The minimum atomic E-state index is -1.15. The van der Waals surface area contributed by atoms with E-state index in [4.69, 9.17) is 21.3 Å². The highest BCUT2D eigenvalue weighted by Crippen LogP contribution is 2.21. The molecule has 5 N–H and O–H groups in total. The minimum Gasteiger partial charge on any atom is -0.478 e. The monoisotopic (exact) mass is 266 g/mol. The number of hydrogen-bond acceptors (Lipinski definition) is 6. The van der Waals surface area contributed by atoms with E-state index in [0.717, 1.165) is 0 Å². The Hall–Kier alpha value is -2.35. The van der Waals surface area contributed by atoms with Gasteiger partial charge in [0.2, 0.25) is 5.91 Å². The number of nitrogens with zero attached hydrogens (tertiary/aromatic N) is 2. The van der Waals surface area contributed by atoms with Crippen molar-refractivity contribution in [2.24, 2.45) is 5.73 Å². The molecule has 8 nitrogen and oxygen atoms in total. The van der Waals surface area contributed by atoms with Gasteiger partial charge in [0.05, 0.1) is 30.7 Å². The van der Waals surface area contributed by atoms with Gasteiger partial charge in [-0.05, 0) is 6.07 Å². The number of rotatable bonds is 3. The fraction of sp³-hybridized carbons (Fsp3) is 0.364. The summed E-state index contributed by atoms with van der Waals surface area (Å²) in [5, 5.41) is 9.02. The van der Waals surface area contributed by atoms with E-state index in [2.05, 4.69) is 4.98 Å². The molecule has 1 aliphatic heterocycles. The van der Waals surface area contributed by atoms with Crippen LogP contribution in [0.2, 0.25) is 0 Å². The predicted octanol–water partition coefficient (Wildman–Crippen LogP) is -0.947. The smallest absolute Gasteiger partial charge is 0.337 e. The number of carboxylic acids is 1. The number of aromatic nitrogens is 1. The fourth-order valence-corrected chi connectivity index (χ4v) is 1.91. The quantitative estimate of drug-likeness (QED) is 0.642. The average Bonchev–Trinajstić information content (AvgIpc) is 2.39. The van der Waals surface area contributed by atoms with Gasteiger partial charge in [0, 0.05) is 6.54 Å². The van der Waals surface area contributed by atoms with Crippen LogP contribution in [-0.4, -0.2) is 47.8 Å². The molecule has 2 rings (SSSR count). The third kappa shape index (κ3) is 2.58. The Morgan fingerprint density at radius 3 is 2.89 bits per heavy atom. The van der Waals surface area contributed by atoms with Crippen LogP contribution in [0.3, 0.4) is 0 Å². The van der Waals surface area contributed by atoms with Crippen molar-refractivity contribution in [1.29, 1.82) is 0 Å². The minimum absolute atomic E-state index is 0.0558. The molecule has 1 atom stereocenters. The number of carboxylic acid groups (broad SMARTS) is 1. The third-order valence-corrected chi connectivity index (χ3v) is 2.90. The highest BCUT2D eigenvalue weighted by Gasteiger charge is 2.29. The van der Waals surface area contributed by atoms with Crippen LogP contribution in [0, 0.1) is 0 Å². The number of primary amides is 1. The molecule has 0 aliphatic carbocycles. The molecule has 1 fully saturated rings. The van der Waals surface area contributed by atoms with Gasteiger partial charge in [0.25, 0.3) is 0 Å². The molecule has 1 aliphatic rings. The Morgan fingerprint density at radius 2 is 2.26 bits per heavy atom. The first-order valence-corrected chi connectivity index (χ1v) is 5.63. The Labute approximate surface area is 109 Å². The lowest BCUT2D eigenvalue weighted by molar-refractivity contribution is -0.121. The lowest BCUT2D eigenvalue weighted by atomic mass is 10.1. The highest BCUT2D eigenvalue weighted by atomic mass is 16.5. The molecule has 1 saturated heterocycles. The van der Waals surface area contributed by atoms with E-state index in [1.165, 1.54) is 12.3 Å². The van der Waals surface area contributed by atoms with Gasteiger partial charge in [-0.3, -0.25) is 4.79 Å². The van der Waals surface area contributed by atoms with Crippen molar-refractivity contribution in [3.63, 3.8) is 0 Å². The Kier molecular flexibility index (Phi) is 3.52. The molecule has 1 aromatic rings. The lowest BCUT2D eigenvalue weighted by Gasteiger charge is -2.34. The maximum absolute atomic E-state index is 11.4. The molecule has 8 heteroatoms. The van der Waals surface area contributed by atoms with Crippen molar-refractivity contribution in [2.45, 2.75) is 6.04 Å². The standard InChI is InChI=1S/C11H14N4O4/c12-7-4-14-9(3-6(7)11(17)18)15-1-2-19-5-8(15)10(13)16/h3-4,8H,1-2,5,12H2,(H2,13,16)(H,17,18). The van der Waals surface area contributed by atoms with Gasteiger partial charge in [-0.25, -0.2) is 9.78 Å². The van der Waals surface area contributed by atoms with Crippen LogP contribution in [0.1, 0.15) is 10.4 Å². The molecule has 0 aromatic carbocycles. The normalized spacial score (nSPS) is 19.2. The van der Waals surface area contributed by atoms with Crippen LogP contribution in [-0.2, 0) is 9.53 Å². The maximum Gasteiger partial charge on any atom is 0.337 e. The maximum atomic E-state index is 11.4. The van der Waals surface area contributed by atoms with Crippen molar-refractivity contribution in [1.82, 2.24) is 4.98 Å². The lowest BCUT2D eigenvalue weighted by Crippen LogP contribution is -2.53. The summed E-state index contributed by atoms with van der Waals surface area (Å²) in [6.07, 6.45) is 1.26. The molecule has 19 heavy (non-hydrogen) atoms.